The second-order valence-electron chi connectivity index (χ2n) is 1.66. The first kappa shape index (κ1) is 7.81. The highest BCUT2D eigenvalue weighted by Gasteiger charge is 2.07. The van der Waals surface area contributed by atoms with Crippen LogP contribution in [0.3, 0.4) is 0 Å². The highest BCUT2D eigenvalue weighted by molar-refractivity contribution is 6.37. The summed E-state index contributed by atoms with van der Waals surface area (Å²) in [5.74, 6) is -1.63. The van der Waals surface area contributed by atoms with Crippen molar-refractivity contribution in [1.29, 1.82) is 5.41 Å². The van der Waals surface area contributed by atoms with Crippen LogP contribution in [-0.2, 0) is 9.59 Å². The third kappa shape index (κ3) is 3.40. The van der Waals surface area contributed by atoms with Gasteiger partial charge in [0.25, 0.3) is 0 Å². The quantitative estimate of drug-likeness (QED) is 0.529. The largest absolute Gasteiger partial charge is 0.477 e. The van der Waals surface area contributed by atoms with Gasteiger partial charge in [-0.25, -0.2) is 4.79 Å². The number of Topliss-reactive ketones (excluding diaryl/α,β-unsaturated/α-hetero) is 1. The number of aliphatic carboxylic acids is 1. The molecule has 0 atom stereocenters. The molecule has 0 saturated carbocycles. The molecule has 0 aromatic carbocycles. The van der Waals surface area contributed by atoms with Gasteiger partial charge in [0.05, 0.1) is 6.42 Å². The molecule has 0 amide bonds. The van der Waals surface area contributed by atoms with E-state index in [0.717, 1.165) is 0 Å². The second-order valence-corrected chi connectivity index (χ2v) is 1.66. The molecule has 50 valence electrons. The van der Waals surface area contributed by atoms with Gasteiger partial charge in [0.2, 0.25) is 0 Å². The molecule has 0 aromatic heterocycles. The fourth-order valence-corrected chi connectivity index (χ4v) is 0.325. The average Bonchev–Trinajstić information content (AvgIpc) is 1.63. The minimum Gasteiger partial charge on any atom is -0.477 e. The summed E-state index contributed by atoms with van der Waals surface area (Å²) < 4.78 is 0. The van der Waals surface area contributed by atoms with Crippen LogP contribution in [0.5, 0.6) is 0 Å². The maximum Gasteiger partial charge on any atom is 0.349 e. The van der Waals surface area contributed by atoms with Gasteiger partial charge in [-0.3, -0.25) is 10.2 Å². The Balaban J connectivity index is 3.79. The number of rotatable bonds is 3. The van der Waals surface area contributed by atoms with Crippen molar-refractivity contribution in [1.82, 2.24) is 0 Å². The Morgan fingerprint density at radius 2 is 2.00 bits per heavy atom. The van der Waals surface area contributed by atoms with E-state index in [1.807, 2.05) is 0 Å². The number of ketones is 1. The molecule has 4 heteroatoms. The van der Waals surface area contributed by atoms with E-state index in [1.54, 1.807) is 0 Å². The van der Waals surface area contributed by atoms with Crippen LogP contribution in [0.1, 0.15) is 13.3 Å². The summed E-state index contributed by atoms with van der Waals surface area (Å²) in [5.41, 5.74) is -0.553. The number of hydrogen-bond donors (Lipinski definition) is 2. The van der Waals surface area contributed by atoms with E-state index in [2.05, 4.69) is 0 Å². The van der Waals surface area contributed by atoms with E-state index in [1.165, 1.54) is 6.92 Å². The summed E-state index contributed by atoms with van der Waals surface area (Å²) in [6, 6.07) is 0. The van der Waals surface area contributed by atoms with Crippen LogP contribution in [0, 0.1) is 5.41 Å². The van der Waals surface area contributed by atoms with Gasteiger partial charge in [-0.15, -0.1) is 0 Å². The van der Waals surface area contributed by atoms with Crippen LogP contribution in [0.15, 0.2) is 0 Å². The van der Waals surface area contributed by atoms with Crippen molar-refractivity contribution >= 4 is 17.5 Å². The van der Waals surface area contributed by atoms with Gasteiger partial charge in [0.1, 0.15) is 11.5 Å². The predicted octanol–water partition coefficient (Wildman–Crippen LogP) is 0.0699. The first-order valence-corrected chi connectivity index (χ1v) is 2.34. The molecule has 0 aliphatic carbocycles. The highest BCUT2D eigenvalue weighted by atomic mass is 16.4. The van der Waals surface area contributed by atoms with Gasteiger partial charge in [-0.05, 0) is 6.92 Å². The summed E-state index contributed by atoms with van der Waals surface area (Å²) in [6.45, 7) is 1.25. The first-order chi connectivity index (χ1) is 4.04. The van der Waals surface area contributed by atoms with Crippen molar-refractivity contribution in [3.63, 3.8) is 0 Å². The van der Waals surface area contributed by atoms with E-state index in [-0.39, 0.29) is 12.2 Å². The van der Waals surface area contributed by atoms with E-state index >= 15 is 0 Å². The summed E-state index contributed by atoms with van der Waals surface area (Å²) in [6.07, 6.45) is -0.282. The lowest BCUT2D eigenvalue weighted by Crippen LogP contribution is -2.14. The zero-order valence-corrected chi connectivity index (χ0v) is 4.97. The average molecular weight is 129 g/mol. The van der Waals surface area contributed by atoms with Crippen molar-refractivity contribution in [2.24, 2.45) is 0 Å². The predicted molar refractivity (Wildman–Crippen MR) is 30.7 cm³/mol. The Bertz CT molecular complexity index is 162. The molecule has 0 bridgehead atoms. The molecule has 0 saturated heterocycles. The van der Waals surface area contributed by atoms with E-state index in [0.29, 0.717) is 0 Å². The fourth-order valence-electron chi connectivity index (χ4n) is 0.325. The molecule has 0 aliphatic rings. The smallest absolute Gasteiger partial charge is 0.349 e. The van der Waals surface area contributed by atoms with E-state index in [4.69, 9.17) is 10.5 Å². The minimum absolute atomic E-state index is 0.282. The number of carboxylic acid groups (broad SMARTS) is 1. The van der Waals surface area contributed by atoms with Gasteiger partial charge in [-0.2, -0.15) is 0 Å². The zero-order valence-electron chi connectivity index (χ0n) is 4.97. The standard InChI is InChI=1S/C5H7NO3/c1-3(7)2-4(6)5(8)9/h6H,2H2,1H3,(H,8,9). The van der Waals surface area contributed by atoms with Crippen LogP contribution >= 0.6 is 0 Å². The number of carbonyl (C=O) groups excluding carboxylic acids is 1. The maximum atomic E-state index is 10.2. The maximum absolute atomic E-state index is 10.2. The van der Waals surface area contributed by atoms with Crippen molar-refractivity contribution in [3.05, 3.63) is 0 Å². The van der Waals surface area contributed by atoms with Crippen LogP contribution in [0.4, 0.5) is 0 Å². The molecule has 4 nitrogen and oxygen atoms in total. The molecular formula is C5H7NO3. The van der Waals surface area contributed by atoms with Gasteiger partial charge >= 0.3 is 5.97 Å². The van der Waals surface area contributed by atoms with Crippen LogP contribution in [0.2, 0.25) is 0 Å². The van der Waals surface area contributed by atoms with E-state index < -0.39 is 11.7 Å². The number of carbonyl (C=O) groups is 2. The molecule has 0 unspecified atom stereocenters. The Morgan fingerprint density at radius 1 is 1.56 bits per heavy atom. The fraction of sp³-hybridized carbons (Fsp3) is 0.400. The summed E-state index contributed by atoms with van der Waals surface area (Å²) in [4.78, 5) is 20.0. The first-order valence-electron chi connectivity index (χ1n) is 2.34. The molecule has 0 heterocycles. The molecule has 2 N–H and O–H groups in total. The molecule has 9 heavy (non-hydrogen) atoms. The summed E-state index contributed by atoms with van der Waals surface area (Å²) in [7, 11) is 0. The molecule has 0 aromatic rings. The summed E-state index contributed by atoms with van der Waals surface area (Å²) in [5, 5.41) is 14.7. The lowest BCUT2D eigenvalue weighted by atomic mass is 10.2. The summed E-state index contributed by atoms with van der Waals surface area (Å²) >= 11 is 0. The van der Waals surface area contributed by atoms with Crippen molar-refractivity contribution in [2.45, 2.75) is 13.3 Å². The van der Waals surface area contributed by atoms with Crippen molar-refractivity contribution in [2.75, 3.05) is 0 Å². The van der Waals surface area contributed by atoms with Crippen LogP contribution < -0.4 is 0 Å². The van der Waals surface area contributed by atoms with E-state index in [9.17, 15) is 9.59 Å². The molecule has 0 rings (SSSR count). The number of nitrogens with one attached hydrogen (secondary N) is 1. The zero-order chi connectivity index (χ0) is 7.44. The van der Waals surface area contributed by atoms with Crippen molar-refractivity contribution < 1.29 is 14.7 Å². The van der Waals surface area contributed by atoms with Gasteiger partial charge in [-0.1, -0.05) is 0 Å². The monoisotopic (exact) mass is 129 g/mol. The van der Waals surface area contributed by atoms with Gasteiger partial charge < -0.3 is 5.11 Å². The molecule has 0 spiro atoms. The number of hydrogen-bond acceptors (Lipinski definition) is 3. The third-order valence-electron chi connectivity index (χ3n) is 0.684. The molecule has 0 radical (unpaired) electrons. The third-order valence-corrected chi connectivity index (χ3v) is 0.684. The topological polar surface area (TPSA) is 78.2 Å². The SMILES string of the molecule is CC(=O)CC(=N)C(=O)O. The van der Waals surface area contributed by atoms with Crippen molar-refractivity contribution in [3.8, 4) is 0 Å². The number of carboxylic acids is 1. The lowest BCUT2D eigenvalue weighted by molar-refractivity contribution is -0.130. The van der Waals surface area contributed by atoms with Gasteiger partial charge in [0, 0.05) is 0 Å². The second kappa shape index (κ2) is 2.96. The molecule has 0 fully saturated rings. The Labute approximate surface area is 52.0 Å². The Morgan fingerprint density at radius 3 is 2.11 bits per heavy atom. The van der Waals surface area contributed by atoms with Crippen LogP contribution in [0.25, 0.3) is 0 Å². The normalized spacial score (nSPS) is 8.56. The highest BCUT2D eigenvalue weighted by Crippen LogP contribution is 1.84. The molecule has 0 aliphatic heterocycles. The lowest BCUT2D eigenvalue weighted by Gasteiger charge is -1.90. The minimum atomic E-state index is -1.33. The Kier molecular flexibility index (Phi) is 2.57. The molecular weight excluding hydrogens is 122 g/mol. The van der Waals surface area contributed by atoms with Crippen LogP contribution in [-0.4, -0.2) is 22.6 Å². The van der Waals surface area contributed by atoms with Gasteiger partial charge in [0.15, 0.2) is 0 Å². The Hall–Kier alpha value is -1.19.